The zero-order valence-electron chi connectivity index (χ0n) is 22.5. The van der Waals surface area contributed by atoms with E-state index in [0.29, 0.717) is 48.3 Å². The molecule has 3 N–H and O–H groups in total. The van der Waals surface area contributed by atoms with Crippen LogP contribution in [-0.4, -0.2) is 74.2 Å². The van der Waals surface area contributed by atoms with Crippen molar-refractivity contribution >= 4 is 21.6 Å². The molecule has 1 amide bonds. The maximum absolute atomic E-state index is 13.4. The molecule has 2 aliphatic rings. The van der Waals surface area contributed by atoms with Crippen LogP contribution in [0.1, 0.15) is 37.3 Å². The number of anilines is 1. The third-order valence-corrected chi connectivity index (χ3v) is 8.25. The summed E-state index contributed by atoms with van der Waals surface area (Å²) in [6, 6.07) is 8.81. The number of amides is 1. The summed E-state index contributed by atoms with van der Waals surface area (Å²) in [5.41, 5.74) is 1.13. The normalized spacial score (nSPS) is 19.9. The van der Waals surface area contributed by atoms with Crippen LogP contribution in [0.25, 0.3) is 0 Å². The predicted octanol–water partition coefficient (Wildman–Crippen LogP) is 2.62. The molecule has 2 fully saturated rings. The molecule has 4 rings (SSSR count). The Kier molecular flexibility index (Phi) is 9.89. The molecule has 39 heavy (non-hydrogen) atoms. The van der Waals surface area contributed by atoms with Crippen molar-refractivity contribution < 1.29 is 36.9 Å². The summed E-state index contributed by atoms with van der Waals surface area (Å²) in [7, 11) is 0.820. The quantitative estimate of drug-likeness (QED) is 0.336. The summed E-state index contributed by atoms with van der Waals surface area (Å²) in [5, 5.41) is 6.19. The first kappa shape index (κ1) is 28.9. The van der Waals surface area contributed by atoms with Gasteiger partial charge in [0, 0.05) is 32.0 Å². The Balaban J connectivity index is 1.55. The molecule has 2 heterocycles. The third-order valence-electron chi connectivity index (χ3n) is 6.81. The molecule has 0 radical (unpaired) electrons. The van der Waals surface area contributed by atoms with E-state index >= 15 is 0 Å². The van der Waals surface area contributed by atoms with Crippen molar-refractivity contribution in [2.45, 2.75) is 48.8 Å². The van der Waals surface area contributed by atoms with Gasteiger partial charge >= 0.3 is 0 Å². The van der Waals surface area contributed by atoms with Gasteiger partial charge in [0.05, 0.1) is 38.4 Å². The first-order valence-corrected chi connectivity index (χ1v) is 14.5. The van der Waals surface area contributed by atoms with E-state index in [2.05, 4.69) is 15.4 Å². The molecule has 3 atom stereocenters. The van der Waals surface area contributed by atoms with Crippen LogP contribution in [0.15, 0.2) is 41.3 Å². The van der Waals surface area contributed by atoms with E-state index in [1.54, 1.807) is 24.3 Å². The average Bonchev–Trinajstić information content (AvgIpc) is 3.68. The summed E-state index contributed by atoms with van der Waals surface area (Å²) in [6.07, 6.45) is 3.49. The maximum atomic E-state index is 13.4. The van der Waals surface area contributed by atoms with Crippen LogP contribution in [0.4, 0.5) is 5.69 Å². The molecule has 0 saturated carbocycles. The van der Waals surface area contributed by atoms with Crippen molar-refractivity contribution in [3.8, 4) is 17.2 Å². The molecule has 2 aromatic rings. The lowest BCUT2D eigenvalue weighted by Gasteiger charge is -2.23. The molecular weight excluding hydrogens is 526 g/mol. The van der Waals surface area contributed by atoms with Gasteiger partial charge in [0.25, 0.3) is 0 Å². The third kappa shape index (κ3) is 7.33. The second-order valence-electron chi connectivity index (χ2n) is 9.43. The fourth-order valence-corrected chi connectivity index (χ4v) is 5.74. The van der Waals surface area contributed by atoms with Crippen LogP contribution < -0.4 is 29.6 Å². The van der Waals surface area contributed by atoms with E-state index in [4.69, 9.17) is 23.7 Å². The van der Waals surface area contributed by atoms with E-state index in [0.717, 1.165) is 25.7 Å². The van der Waals surface area contributed by atoms with Gasteiger partial charge in [0.1, 0.15) is 6.04 Å². The Labute approximate surface area is 229 Å². The van der Waals surface area contributed by atoms with Crippen LogP contribution in [0.2, 0.25) is 0 Å². The van der Waals surface area contributed by atoms with Crippen LogP contribution in [0.3, 0.4) is 0 Å². The fraction of sp³-hybridized carbons (Fsp3) is 0.519. The van der Waals surface area contributed by atoms with Gasteiger partial charge in [-0.25, -0.2) is 13.1 Å². The Morgan fingerprint density at radius 3 is 2.03 bits per heavy atom. The molecule has 2 aromatic carbocycles. The Bertz CT molecular complexity index is 1190. The van der Waals surface area contributed by atoms with Crippen LogP contribution in [0, 0.1) is 0 Å². The number of sulfonamides is 1. The number of carbonyl (C=O) groups is 1. The number of nitrogens with one attached hydrogen (secondary N) is 3. The number of methoxy groups -OCH3 is 3. The van der Waals surface area contributed by atoms with E-state index in [-0.39, 0.29) is 29.6 Å². The molecule has 0 aromatic heterocycles. The minimum absolute atomic E-state index is 0.0267. The first-order valence-electron chi connectivity index (χ1n) is 13.0. The second-order valence-corrected chi connectivity index (χ2v) is 11.2. The lowest BCUT2D eigenvalue weighted by atomic mass is 10.0. The van der Waals surface area contributed by atoms with Crippen molar-refractivity contribution in [3.63, 3.8) is 0 Å². The van der Waals surface area contributed by atoms with Gasteiger partial charge in [-0.15, -0.1) is 0 Å². The summed E-state index contributed by atoms with van der Waals surface area (Å²) >= 11 is 0. The minimum Gasteiger partial charge on any atom is -0.493 e. The molecule has 214 valence electrons. The summed E-state index contributed by atoms with van der Waals surface area (Å²) in [5.74, 6) is 0.940. The molecular formula is C27H37N3O8S. The number of rotatable bonds is 13. The van der Waals surface area contributed by atoms with E-state index < -0.39 is 16.1 Å². The van der Waals surface area contributed by atoms with Crippen molar-refractivity contribution in [2.75, 3.05) is 52.9 Å². The van der Waals surface area contributed by atoms with Gasteiger partial charge < -0.3 is 34.3 Å². The number of hydrogen-bond acceptors (Lipinski definition) is 9. The highest BCUT2D eigenvalue weighted by Crippen LogP contribution is 2.40. The van der Waals surface area contributed by atoms with Crippen molar-refractivity contribution in [1.29, 1.82) is 0 Å². The van der Waals surface area contributed by atoms with Crippen LogP contribution >= 0.6 is 0 Å². The van der Waals surface area contributed by atoms with Crippen LogP contribution in [-0.2, 0) is 24.3 Å². The lowest BCUT2D eigenvalue weighted by molar-refractivity contribution is -0.122. The molecule has 12 heteroatoms. The van der Waals surface area contributed by atoms with E-state index in [1.807, 2.05) is 0 Å². The first-order chi connectivity index (χ1) is 18.8. The highest BCUT2D eigenvalue weighted by molar-refractivity contribution is 7.89. The van der Waals surface area contributed by atoms with Crippen molar-refractivity contribution in [1.82, 2.24) is 10.0 Å². The molecule has 11 nitrogen and oxygen atoms in total. The Morgan fingerprint density at radius 2 is 1.51 bits per heavy atom. The average molecular weight is 564 g/mol. The molecule has 0 aliphatic carbocycles. The smallest absolute Gasteiger partial charge is 0.247 e. The largest absolute Gasteiger partial charge is 0.493 e. The highest BCUT2D eigenvalue weighted by Gasteiger charge is 2.27. The van der Waals surface area contributed by atoms with Crippen molar-refractivity contribution in [2.24, 2.45) is 0 Å². The van der Waals surface area contributed by atoms with Crippen molar-refractivity contribution in [3.05, 3.63) is 42.0 Å². The molecule has 0 unspecified atom stereocenters. The van der Waals surface area contributed by atoms with E-state index in [1.165, 1.54) is 33.5 Å². The molecule has 0 bridgehead atoms. The zero-order valence-corrected chi connectivity index (χ0v) is 23.3. The Morgan fingerprint density at radius 1 is 0.923 bits per heavy atom. The number of carbonyl (C=O) groups excluding carboxylic acids is 1. The topological polar surface area (TPSA) is 133 Å². The highest BCUT2D eigenvalue weighted by atomic mass is 32.2. The van der Waals surface area contributed by atoms with Gasteiger partial charge in [-0.3, -0.25) is 4.79 Å². The van der Waals surface area contributed by atoms with E-state index in [9.17, 15) is 13.2 Å². The zero-order chi connectivity index (χ0) is 27.8. The van der Waals surface area contributed by atoms with Gasteiger partial charge in [0.15, 0.2) is 11.5 Å². The maximum Gasteiger partial charge on any atom is 0.247 e. The minimum atomic E-state index is -3.70. The van der Waals surface area contributed by atoms with Gasteiger partial charge in [0.2, 0.25) is 21.7 Å². The summed E-state index contributed by atoms with van der Waals surface area (Å²) in [4.78, 5) is 13.6. The monoisotopic (exact) mass is 563 g/mol. The fourth-order valence-electron chi connectivity index (χ4n) is 4.68. The Hall–Kier alpha value is -3.06. The predicted molar refractivity (Wildman–Crippen MR) is 145 cm³/mol. The van der Waals surface area contributed by atoms with Gasteiger partial charge in [-0.1, -0.05) is 0 Å². The number of hydrogen-bond donors (Lipinski definition) is 3. The second kappa shape index (κ2) is 13.3. The molecule has 2 saturated heterocycles. The lowest BCUT2D eigenvalue weighted by Crippen LogP contribution is -2.38. The van der Waals surface area contributed by atoms with Gasteiger partial charge in [-0.2, -0.15) is 0 Å². The molecule has 2 aliphatic heterocycles. The number of ether oxygens (including phenoxy) is 5. The molecule has 0 spiro atoms. The van der Waals surface area contributed by atoms with Gasteiger partial charge in [-0.05, 0) is 67.6 Å². The number of benzene rings is 2. The summed E-state index contributed by atoms with van der Waals surface area (Å²) < 4.78 is 55.7. The van der Waals surface area contributed by atoms with Crippen LogP contribution in [0.5, 0.6) is 17.2 Å². The summed E-state index contributed by atoms with van der Waals surface area (Å²) in [6.45, 7) is 1.96. The standard InChI is InChI=1S/C27H37N3O8S/c1-34-23-14-18(15-24(35-2)26(23)36-3)25(27(31)28-16-20-6-4-12-37-20)30-19-8-10-22(11-9-19)39(32,33)29-17-21-7-5-13-38-21/h8-11,14-15,20-21,25,29-30H,4-7,12-13,16-17H2,1-3H3,(H,28,31)/t20-,21-,25+/m1/s1. The SMILES string of the molecule is COc1cc([C@H](Nc2ccc(S(=O)(=O)NC[C@H]3CCCO3)cc2)C(=O)NC[C@H]2CCCO2)cc(OC)c1OC.